The van der Waals surface area contributed by atoms with Crippen LogP contribution in [0.4, 0.5) is 18.9 Å². The first-order valence-corrected chi connectivity index (χ1v) is 11.1. The summed E-state index contributed by atoms with van der Waals surface area (Å²) < 4.78 is 44.3. The number of nitrogens with one attached hydrogen (secondary N) is 2. The maximum atomic E-state index is 12.7. The molecule has 7 rings (SSSR count). The van der Waals surface area contributed by atoms with Gasteiger partial charge in [0.1, 0.15) is 5.75 Å². The van der Waals surface area contributed by atoms with E-state index in [1.165, 1.54) is 0 Å². The third-order valence-corrected chi connectivity index (χ3v) is 7.53. The Kier molecular flexibility index (Phi) is 4.17. The summed E-state index contributed by atoms with van der Waals surface area (Å²) in [4.78, 5) is 15.8. The zero-order valence-electron chi connectivity index (χ0n) is 17.3. The number of aromatic amines is 1. The Morgan fingerprint density at radius 3 is 2.41 bits per heavy atom. The van der Waals surface area contributed by atoms with E-state index in [-0.39, 0.29) is 23.3 Å². The van der Waals surface area contributed by atoms with Gasteiger partial charge in [-0.25, -0.2) is 0 Å². The molecular weight excluding hydrogens is 417 g/mol. The average molecular weight is 440 g/mol. The lowest BCUT2D eigenvalue weighted by atomic mass is 9.44. The highest BCUT2D eigenvalue weighted by molar-refractivity contribution is 6.04. The number of halogens is 3. The Morgan fingerprint density at radius 1 is 1.06 bits per heavy atom. The van der Waals surface area contributed by atoms with Gasteiger partial charge in [0.05, 0.1) is 22.8 Å². The largest absolute Gasteiger partial charge is 0.490 e. The molecule has 166 valence electrons. The molecule has 0 aliphatic heterocycles. The van der Waals surface area contributed by atoms with Gasteiger partial charge >= 0.3 is 6.18 Å². The van der Waals surface area contributed by atoms with Gasteiger partial charge in [0.25, 0.3) is 0 Å². The van der Waals surface area contributed by atoms with E-state index in [9.17, 15) is 18.0 Å². The number of carbonyl (C=O) groups is 1. The summed E-state index contributed by atoms with van der Waals surface area (Å²) >= 11 is 0. The van der Waals surface area contributed by atoms with Gasteiger partial charge in [0, 0.05) is 17.1 Å². The standard InChI is InChI=1S/C25H23F3N2O2/c26-25(27,28)17-3-1-15(2-4-17)16-7-19(8-16)32-18-5-6-21-20(9-18)22(13-29-21)30-23(31)24-10-14(11-24)12-24/h1-6,9,13-14,16,19,29H,7-8,10-12H2,(H,30,31)/t14?,16-,19-,24?. The summed E-state index contributed by atoms with van der Waals surface area (Å²) in [7, 11) is 0. The highest BCUT2D eigenvalue weighted by Crippen LogP contribution is 2.64. The Labute approximate surface area is 183 Å². The summed E-state index contributed by atoms with van der Waals surface area (Å²) in [5.74, 6) is 1.80. The predicted octanol–water partition coefficient (Wildman–Crippen LogP) is 6.25. The van der Waals surface area contributed by atoms with Crippen LogP contribution in [-0.2, 0) is 11.0 Å². The number of hydrogen-bond acceptors (Lipinski definition) is 2. The van der Waals surface area contributed by atoms with E-state index >= 15 is 0 Å². The zero-order valence-corrected chi connectivity index (χ0v) is 17.3. The molecule has 2 N–H and O–H groups in total. The fourth-order valence-corrected chi connectivity index (χ4v) is 5.36. The predicted molar refractivity (Wildman–Crippen MR) is 115 cm³/mol. The Morgan fingerprint density at radius 2 is 1.78 bits per heavy atom. The second kappa shape index (κ2) is 6.77. The summed E-state index contributed by atoms with van der Waals surface area (Å²) in [5.41, 5.74) is 1.86. The monoisotopic (exact) mass is 440 g/mol. The van der Waals surface area contributed by atoms with E-state index in [1.807, 2.05) is 24.4 Å². The smallest absolute Gasteiger partial charge is 0.416 e. The van der Waals surface area contributed by atoms with Crippen LogP contribution in [0.2, 0.25) is 0 Å². The number of carbonyl (C=O) groups excluding carboxylic acids is 1. The van der Waals surface area contributed by atoms with E-state index in [2.05, 4.69) is 10.3 Å². The van der Waals surface area contributed by atoms with E-state index in [0.29, 0.717) is 0 Å². The summed E-state index contributed by atoms with van der Waals surface area (Å²) in [6.45, 7) is 0. The minimum absolute atomic E-state index is 0.0255. The van der Waals surface area contributed by atoms with Crippen molar-refractivity contribution in [2.75, 3.05) is 5.32 Å². The molecule has 7 heteroatoms. The molecule has 1 amide bonds. The highest BCUT2D eigenvalue weighted by Gasteiger charge is 2.61. The fraction of sp³-hybridized carbons (Fsp3) is 0.400. The number of amides is 1. The number of H-pyrrole nitrogens is 1. The van der Waals surface area contributed by atoms with Crippen LogP contribution in [0.15, 0.2) is 48.7 Å². The van der Waals surface area contributed by atoms with E-state index in [1.54, 1.807) is 12.1 Å². The molecule has 3 aromatic rings. The molecule has 4 aliphatic carbocycles. The number of hydrogen-bond donors (Lipinski definition) is 2. The lowest BCUT2D eigenvalue weighted by molar-refractivity contribution is -0.158. The van der Waals surface area contributed by atoms with Crippen LogP contribution in [0.1, 0.15) is 49.1 Å². The second-order valence-corrected chi connectivity index (χ2v) is 9.65. The minimum atomic E-state index is -4.31. The molecule has 2 aromatic carbocycles. The fourth-order valence-electron chi connectivity index (χ4n) is 5.36. The number of anilines is 1. The number of benzene rings is 2. The zero-order chi connectivity index (χ0) is 22.1. The van der Waals surface area contributed by atoms with Crippen LogP contribution in [-0.4, -0.2) is 17.0 Å². The SMILES string of the molecule is O=C(Nc1c[nH]c2ccc(O[C@H]3C[C@H](c4ccc(C(F)(F)F)cc4)C3)cc12)C12CC(C1)C2. The van der Waals surface area contributed by atoms with Crippen LogP contribution in [0.3, 0.4) is 0 Å². The van der Waals surface area contributed by atoms with Crippen molar-refractivity contribution in [1.29, 1.82) is 0 Å². The number of aromatic nitrogens is 1. The molecule has 2 bridgehead atoms. The number of rotatable bonds is 5. The Hall–Kier alpha value is -2.96. The van der Waals surface area contributed by atoms with E-state index in [4.69, 9.17) is 4.74 Å². The number of fused-ring (bicyclic) bond motifs is 1. The lowest BCUT2D eigenvalue weighted by Gasteiger charge is -2.60. The molecule has 1 aromatic heterocycles. The first kappa shape index (κ1) is 19.7. The Balaban J connectivity index is 1.10. The lowest BCUT2D eigenvalue weighted by Crippen LogP contribution is -2.58. The van der Waals surface area contributed by atoms with Crippen LogP contribution in [0.25, 0.3) is 10.9 Å². The van der Waals surface area contributed by atoms with Crippen molar-refractivity contribution in [3.05, 3.63) is 59.8 Å². The van der Waals surface area contributed by atoms with Crippen LogP contribution < -0.4 is 10.1 Å². The molecule has 4 aliphatic rings. The molecule has 0 unspecified atom stereocenters. The average Bonchev–Trinajstić information content (AvgIpc) is 3.03. The van der Waals surface area contributed by atoms with Crippen molar-refractivity contribution in [2.24, 2.45) is 11.3 Å². The quantitative estimate of drug-likeness (QED) is 0.493. The molecule has 4 nitrogen and oxygen atoms in total. The third-order valence-electron chi connectivity index (χ3n) is 7.53. The first-order chi connectivity index (χ1) is 15.3. The van der Waals surface area contributed by atoms with Crippen molar-refractivity contribution >= 4 is 22.5 Å². The maximum Gasteiger partial charge on any atom is 0.416 e. The molecule has 0 atom stereocenters. The first-order valence-electron chi connectivity index (χ1n) is 11.1. The third kappa shape index (κ3) is 3.17. The van der Waals surface area contributed by atoms with Crippen LogP contribution in [0, 0.1) is 11.3 Å². The maximum absolute atomic E-state index is 12.7. The normalized spacial score (nSPS) is 28.4. The van der Waals surface area contributed by atoms with Gasteiger partial charge in [0.2, 0.25) is 5.91 Å². The molecule has 32 heavy (non-hydrogen) atoms. The van der Waals surface area contributed by atoms with E-state index in [0.717, 1.165) is 78.1 Å². The molecule has 4 fully saturated rings. The Bertz CT molecular complexity index is 1180. The van der Waals surface area contributed by atoms with Gasteiger partial charge in [-0.3, -0.25) is 4.79 Å². The van der Waals surface area contributed by atoms with Crippen molar-refractivity contribution in [1.82, 2.24) is 4.98 Å². The summed E-state index contributed by atoms with van der Waals surface area (Å²) in [5, 5.41) is 4.01. The minimum Gasteiger partial charge on any atom is -0.490 e. The van der Waals surface area contributed by atoms with Gasteiger partial charge in [-0.1, -0.05) is 12.1 Å². The van der Waals surface area contributed by atoms with Gasteiger partial charge < -0.3 is 15.0 Å². The number of ether oxygens (including phenoxy) is 1. The highest BCUT2D eigenvalue weighted by atomic mass is 19.4. The van der Waals surface area contributed by atoms with Gasteiger partial charge in [-0.05, 0) is 79.8 Å². The summed E-state index contributed by atoms with van der Waals surface area (Å²) in [6.07, 6.45) is 2.11. The molecule has 0 radical (unpaired) electrons. The molecule has 4 saturated carbocycles. The van der Waals surface area contributed by atoms with Crippen LogP contribution in [0.5, 0.6) is 5.75 Å². The molecule has 0 spiro atoms. The van der Waals surface area contributed by atoms with Crippen LogP contribution >= 0.6 is 0 Å². The van der Waals surface area contributed by atoms with Gasteiger partial charge in [0.15, 0.2) is 0 Å². The van der Waals surface area contributed by atoms with Gasteiger partial charge in [-0.2, -0.15) is 13.2 Å². The van der Waals surface area contributed by atoms with Crippen molar-refractivity contribution < 1.29 is 22.7 Å². The summed E-state index contributed by atoms with van der Waals surface area (Å²) in [6, 6.07) is 11.2. The molecule has 1 heterocycles. The van der Waals surface area contributed by atoms with Crippen molar-refractivity contribution in [3.8, 4) is 5.75 Å². The van der Waals surface area contributed by atoms with Gasteiger partial charge in [-0.15, -0.1) is 0 Å². The topological polar surface area (TPSA) is 54.1 Å². The molecular formula is C25H23F3N2O2. The van der Waals surface area contributed by atoms with Crippen molar-refractivity contribution in [3.63, 3.8) is 0 Å². The molecule has 0 saturated heterocycles. The number of alkyl halides is 3. The van der Waals surface area contributed by atoms with E-state index < -0.39 is 11.7 Å². The second-order valence-electron chi connectivity index (χ2n) is 9.65. The van der Waals surface area contributed by atoms with Crippen molar-refractivity contribution in [2.45, 2.75) is 50.3 Å².